The number of benzene rings is 3. The summed E-state index contributed by atoms with van der Waals surface area (Å²) in [4.78, 5) is 17.1. The number of nitrogens with zero attached hydrogens (tertiary/aromatic N) is 2. The lowest BCUT2D eigenvalue weighted by atomic mass is 9.86. The molecule has 0 fully saturated rings. The van der Waals surface area contributed by atoms with Gasteiger partial charge in [-0.1, -0.05) is 75.4 Å². The highest BCUT2D eigenvalue weighted by Gasteiger charge is 2.40. The van der Waals surface area contributed by atoms with Crippen LogP contribution in [0.5, 0.6) is 0 Å². The first-order valence-electron chi connectivity index (χ1n) is 11.3. The molecule has 1 aliphatic heterocycles. The molecular formula is C28H32N4O2. The van der Waals surface area contributed by atoms with Gasteiger partial charge in [-0.15, -0.1) is 0 Å². The number of nitrogens with two attached hydrogens (primary N) is 1. The number of anilines is 2. The molecule has 1 heterocycles. The molecule has 0 saturated heterocycles. The minimum atomic E-state index is -0.526. The van der Waals surface area contributed by atoms with E-state index in [1.807, 2.05) is 78.5 Å². The van der Waals surface area contributed by atoms with E-state index in [0.29, 0.717) is 11.5 Å². The van der Waals surface area contributed by atoms with Crippen LogP contribution in [-0.2, 0) is 14.9 Å². The molecule has 3 aromatic carbocycles. The quantitative estimate of drug-likeness (QED) is 0.323. The van der Waals surface area contributed by atoms with Crippen LogP contribution < -0.4 is 21.1 Å². The van der Waals surface area contributed by atoms with Gasteiger partial charge < -0.3 is 9.64 Å². The van der Waals surface area contributed by atoms with Gasteiger partial charge in [-0.05, 0) is 35.2 Å². The monoisotopic (exact) mass is 456 g/mol. The topological polar surface area (TPSA) is 70.8 Å². The Morgan fingerprint density at radius 3 is 2.24 bits per heavy atom. The normalized spacial score (nSPS) is 15.8. The molecule has 1 unspecified atom stereocenters. The van der Waals surface area contributed by atoms with E-state index in [4.69, 9.17) is 10.6 Å². The van der Waals surface area contributed by atoms with Gasteiger partial charge in [-0.2, -0.15) is 0 Å². The first-order valence-corrected chi connectivity index (χ1v) is 11.3. The molecule has 34 heavy (non-hydrogen) atoms. The van der Waals surface area contributed by atoms with Gasteiger partial charge in [0.15, 0.2) is 11.5 Å². The zero-order chi connectivity index (χ0) is 24.5. The van der Waals surface area contributed by atoms with E-state index in [9.17, 15) is 4.79 Å². The van der Waals surface area contributed by atoms with E-state index in [2.05, 4.69) is 50.5 Å². The maximum Gasteiger partial charge on any atom is 0.285 e. The molecule has 0 aliphatic carbocycles. The van der Waals surface area contributed by atoms with Crippen molar-refractivity contribution >= 4 is 23.0 Å². The van der Waals surface area contributed by atoms with Crippen molar-refractivity contribution in [2.75, 3.05) is 23.9 Å². The summed E-state index contributed by atoms with van der Waals surface area (Å²) in [5.74, 6) is 5.71. The van der Waals surface area contributed by atoms with Crippen molar-refractivity contribution in [3.05, 3.63) is 101 Å². The summed E-state index contributed by atoms with van der Waals surface area (Å²) in [6.45, 7) is 6.56. The number of carbonyl (C=O) groups excluding carboxylic acids is 1. The second-order valence-electron chi connectivity index (χ2n) is 9.64. The maximum atomic E-state index is 13.1. The Morgan fingerprint density at radius 2 is 1.65 bits per heavy atom. The predicted octanol–water partition coefficient (Wildman–Crippen LogP) is 4.94. The number of ether oxygens (including phenoxy) is 1. The molecule has 6 heteroatoms. The van der Waals surface area contributed by atoms with Crippen LogP contribution in [0.15, 0.2) is 84.6 Å². The Kier molecular flexibility index (Phi) is 6.35. The highest BCUT2D eigenvalue weighted by atomic mass is 16.5. The van der Waals surface area contributed by atoms with E-state index < -0.39 is 12.1 Å². The summed E-state index contributed by atoms with van der Waals surface area (Å²) in [6, 6.07) is 26.0. The molecule has 0 aromatic heterocycles. The van der Waals surface area contributed by atoms with Crippen LogP contribution in [0.25, 0.3) is 5.76 Å². The summed E-state index contributed by atoms with van der Waals surface area (Å²) in [7, 11) is 3.96. The van der Waals surface area contributed by atoms with Gasteiger partial charge >= 0.3 is 0 Å². The smallest absolute Gasteiger partial charge is 0.285 e. The van der Waals surface area contributed by atoms with Gasteiger partial charge in [-0.25, -0.2) is 5.84 Å². The summed E-state index contributed by atoms with van der Waals surface area (Å²) in [5.41, 5.74) is 7.54. The van der Waals surface area contributed by atoms with Crippen molar-refractivity contribution in [1.82, 2.24) is 5.43 Å². The Labute approximate surface area is 201 Å². The van der Waals surface area contributed by atoms with E-state index >= 15 is 0 Å². The summed E-state index contributed by atoms with van der Waals surface area (Å²) >= 11 is 0. The van der Waals surface area contributed by atoms with Gasteiger partial charge in [0.25, 0.3) is 5.91 Å². The zero-order valence-corrected chi connectivity index (χ0v) is 20.4. The molecule has 0 bridgehead atoms. The molecule has 3 N–H and O–H groups in total. The number of hydrogen-bond donors (Lipinski definition) is 2. The predicted molar refractivity (Wildman–Crippen MR) is 138 cm³/mol. The van der Waals surface area contributed by atoms with Crippen LogP contribution in [0.2, 0.25) is 0 Å². The fourth-order valence-electron chi connectivity index (χ4n) is 4.08. The average Bonchev–Trinajstić information content (AvgIpc) is 3.24. The molecule has 1 atom stereocenters. The summed E-state index contributed by atoms with van der Waals surface area (Å²) in [5, 5.41) is 0. The minimum Gasteiger partial charge on any atom is -0.463 e. The van der Waals surface area contributed by atoms with Gasteiger partial charge in [0.2, 0.25) is 6.23 Å². The van der Waals surface area contributed by atoms with Crippen LogP contribution >= 0.6 is 0 Å². The SMILES string of the molecule is CN(C)c1cccc(C2=C(C(=O)NN)N(c3ccccc3)C(c3ccc(C(C)(C)C)cc3)O2)c1. The number of nitrogens with one attached hydrogen (secondary N) is 1. The summed E-state index contributed by atoms with van der Waals surface area (Å²) < 4.78 is 6.57. The van der Waals surface area contributed by atoms with Gasteiger partial charge in [0.05, 0.1) is 0 Å². The molecule has 3 aromatic rings. The third-order valence-corrected chi connectivity index (χ3v) is 5.99. The first kappa shape index (κ1) is 23.4. The molecular weight excluding hydrogens is 424 g/mol. The fourth-order valence-corrected chi connectivity index (χ4v) is 4.08. The van der Waals surface area contributed by atoms with Gasteiger partial charge in [-0.3, -0.25) is 15.1 Å². The van der Waals surface area contributed by atoms with Crippen LogP contribution in [0.1, 0.15) is 43.7 Å². The highest BCUT2D eigenvalue weighted by molar-refractivity contribution is 6.04. The molecule has 0 spiro atoms. The van der Waals surface area contributed by atoms with Gasteiger partial charge in [0.1, 0.15) is 0 Å². The average molecular weight is 457 g/mol. The lowest BCUT2D eigenvalue weighted by molar-refractivity contribution is -0.117. The molecule has 4 rings (SSSR count). The molecule has 0 saturated carbocycles. The molecule has 6 nitrogen and oxygen atoms in total. The standard InChI is InChI=1S/C28H32N4O2/c1-28(2,3)21-16-14-19(15-17-21)27-32(22-11-7-6-8-12-22)24(26(33)30-29)25(34-27)20-10-9-13-23(18-20)31(4)5/h6-18,27H,29H2,1-5H3,(H,30,33). The fraction of sp³-hybridized carbons (Fsp3) is 0.250. The van der Waals surface area contributed by atoms with Crippen LogP contribution in [0.3, 0.4) is 0 Å². The largest absolute Gasteiger partial charge is 0.463 e. The van der Waals surface area contributed by atoms with E-state index in [1.165, 1.54) is 5.56 Å². The second kappa shape index (κ2) is 9.23. The lowest BCUT2D eigenvalue weighted by Crippen LogP contribution is -2.38. The van der Waals surface area contributed by atoms with E-state index in [0.717, 1.165) is 22.5 Å². The first-order chi connectivity index (χ1) is 16.2. The number of hydrazine groups is 1. The van der Waals surface area contributed by atoms with Crippen molar-refractivity contribution in [3.63, 3.8) is 0 Å². The molecule has 1 amide bonds. The molecule has 176 valence electrons. The van der Waals surface area contributed by atoms with Crippen LogP contribution in [-0.4, -0.2) is 20.0 Å². The maximum absolute atomic E-state index is 13.1. The van der Waals surface area contributed by atoms with Crippen LogP contribution in [0, 0.1) is 0 Å². The van der Waals surface area contributed by atoms with Crippen LogP contribution in [0.4, 0.5) is 11.4 Å². The second-order valence-corrected chi connectivity index (χ2v) is 9.64. The zero-order valence-electron chi connectivity index (χ0n) is 20.4. The number of amides is 1. The molecule has 1 aliphatic rings. The number of rotatable bonds is 5. The van der Waals surface area contributed by atoms with Gasteiger partial charge in [0, 0.05) is 36.6 Å². The van der Waals surface area contributed by atoms with Crippen molar-refractivity contribution in [3.8, 4) is 0 Å². The highest BCUT2D eigenvalue weighted by Crippen LogP contribution is 2.44. The third-order valence-electron chi connectivity index (χ3n) is 5.99. The van der Waals surface area contributed by atoms with Crippen molar-refractivity contribution in [2.24, 2.45) is 5.84 Å². The minimum absolute atomic E-state index is 0.0365. The number of hydrogen-bond acceptors (Lipinski definition) is 5. The Bertz CT molecular complexity index is 1200. The Morgan fingerprint density at radius 1 is 0.971 bits per heavy atom. The summed E-state index contributed by atoms with van der Waals surface area (Å²) in [6.07, 6.45) is -0.526. The van der Waals surface area contributed by atoms with Crippen molar-refractivity contribution in [1.29, 1.82) is 0 Å². The van der Waals surface area contributed by atoms with E-state index in [-0.39, 0.29) is 5.41 Å². The van der Waals surface area contributed by atoms with Crippen molar-refractivity contribution < 1.29 is 9.53 Å². The number of para-hydroxylation sites is 1. The van der Waals surface area contributed by atoms with E-state index in [1.54, 1.807) is 0 Å². The Hall–Kier alpha value is -3.77. The molecule has 0 radical (unpaired) electrons. The number of carbonyl (C=O) groups is 1. The van der Waals surface area contributed by atoms with Crippen molar-refractivity contribution in [2.45, 2.75) is 32.4 Å². The third kappa shape index (κ3) is 4.50. The Balaban J connectivity index is 1.88. The lowest BCUT2D eigenvalue weighted by Gasteiger charge is -2.28.